The van der Waals surface area contributed by atoms with Crippen molar-refractivity contribution in [3.8, 4) is 0 Å². The van der Waals surface area contributed by atoms with Crippen molar-refractivity contribution in [2.24, 2.45) is 17.6 Å². The first kappa shape index (κ1) is 27.3. The lowest BCUT2D eigenvalue weighted by Gasteiger charge is -2.25. The monoisotopic (exact) mass is 430 g/mol. The van der Waals surface area contributed by atoms with Crippen LogP contribution in [0.4, 0.5) is 0 Å². The molecule has 0 rings (SSSR count). The van der Waals surface area contributed by atoms with Gasteiger partial charge < -0.3 is 31.9 Å². The van der Waals surface area contributed by atoms with Gasteiger partial charge >= 0.3 is 11.9 Å². The Labute approximate surface area is 176 Å². The number of rotatable bonds is 14. The number of carboxylic acid groups (broad SMARTS) is 2. The van der Waals surface area contributed by atoms with Crippen molar-refractivity contribution in [3.63, 3.8) is 0 Å². The van der Waals surface area contributed by atoms with Crippen molar-refractivity contribution in [3.05, 3.63) is 0 Å². The van der Waals surface area contributed by atoms with E-state index in [1.165, 1.54) is 0 Å². The largest absolute Gasteiger partial charge is 0.481 e. The minimum atomic E-state index is -1.28. The SMILES string of the molecule is CC(C)CC(N)C(=O)NC(CC(C)C)C(=O)NC(CCC(=O)O)C(=O)NCC(=O)O. The molecule has 0 aromatic rings. The molecule has 0 heterocycles. The Balaban J connectivity index is 5.28. The van der Waals surface area contributed by atoms with Gasteiger partial charge in [0.05, 0.1) is 6.04 Å². The molecule has 11 nitrogen and oxygen atoms in total. The second-order valence-corrected chi connectivity index (χ2v) is 8.03. The van der Waals surface area contributed by atoms with Crippen molar-refractivity contribution in [2.75, 3.05) is 6.54 Å². The molecule has 0 fully saturated rings. The molecule has 0 aliphatic rings. The molecule has 0 aliphatic carbocycles. The van der Waals surface area contributed by atoms with Gasteiger partial charge in [0, 0.05) is 6.42 Å². The summed E-state index contributed by atoms with van der Waals surface area (Å²) in [6, 6.07) is -3.03. The lowest BCUT2D eigenvalue weighted by molar-refractivity contribution is -0.140. The minimum absolute atomic E-state index is 0.0284. The van der Waals surface area contributed by atoms with Crippen LogP contribution < -0.4 is 21.7 Å². The lowest BCUT2D eigenvalue weighted by atomic mass is 10.00. The van der Waals surface area contributed by atoms with E-state index in [9.17, 15) is 24.0 Å². The van der Waals surface area contributed by atoms with Crippen LogP contribution in [-0.2, 0) is 24.0 Å². The summed E-state index contributed by atoms with van der Waals surface area (Å²) in [5.74, 6) is -4.24. The van der Waals surface area contributed by atoms with Gasteiger partial charge in [0.15, 0.2) is 0 Å². The summed E-state index contributed by atoms with van der Waals surface area (Å²) in [6.07, 6.45) is 0.0582. The van der Waals surface area contributed by atoms with Crippen molar-refractivity contribution in [2.45, 2.75) is 71.5 Å². The van der Waals surface area contributed by atoms with Crippen LogP contribution in [0.1, 0.15) is 53.4 Å². The average molecular weight is 431 g/mol. The maximum atomic E-state index is 12.7. The summed E-state index contributed by atoms with van der Waals surface area (Å²) >= 11 is 0. The number of carboxylic acids is 2. The normalized spacial score (nSPS) is 14.0. The molecule has 11 heteroatoms. The van der Waals surface area contributed by atoms with Crippen LogP contribution in [0.25, 0.3) is 0 Å². The van der Waals surface area contributed by atoms with E-state index < -0.39 is 60.8 Å². The molecular weight excluding hydrogens is 396 g/mol. The molecule has 0 aromatic heterocycles. The maximum Gasteiger partial charge on any atom is 0.322 e. The van der Waals surface area contributed by atoms with Crippen LogP contribution in [0.3, 0.4) is 0 Å². The van der Waals surface area contributed by atoms with Gasteiger partial charge in [0.25, 0.3) is 0 Å². The van der Waals surface area contributed by atoms with Crippen LogP contribution in [0.15, 0.2) is 0 Å². The van der Waals surface area contributed by atoms with Crippen LogP contribution in [-0.4, -0.2) is 64.5 Å². The molecule has 0 saturated carbocycles. The molecule has 3 unspecified atom stereocenters. The Morgan fingerprint density at radius 2 is 1.30 bits per heavy atom. The molecular formula is C19H34N4O7. The predicted octanol–water partition coefficient (Wildman–Crippen LogP) is -0.559. The first-order chi connectivity index (χ1) is 13.8. The molecule has 0 aliphatic heterocycles. The smallest absolute Gasteiger partial charge is 0.322 e. The molecule has 7 N–H and O–H groups in total. The Hall–Kier alpha value is -2.69. The maximum absolute atomic E-state index is 12.7. The molecule has 0 spiro atoms. The molecule has 30 heavy (non-hydrogen) atoms. The van der Waals surface area contributed by atoms with E-state index in [-0.39, 0.29) is 24.7 Å². The van der Waals surface area contributed by atoms with E-state index in [2.05, 4.69) is 16.0 Å². The number of nitrogens with two attached hydrogens (primary N) is 1. The van der Waals surface area contributed by atoms with Crippen molar-refractivity contribution in [1.82, 2.24) is 16.0 Å². The third-order valence-electron chi connectivity index (χ3n) is 4.10. The fourth-order valence-corrected chi connectivity index (χ4v) is 2.69. The Morgan fingerprint density at radius 3 is 1.77 bits per heavy atom. The standard InChI is InChI=1S/C19H34N4O7/c1-10(2)7-12(20)17(28)23-14(8-11(3)4)19(30)22-13(5-6-15(24)25)18(29)21-9-16(26)27/h10-14H,5-9,20H2,1-4H3,(H,21,29)(H,22,30)(H,23,28)(H,24,25)(H,26,27). The quantitative estimate of drug-likeness (QED) is 0.211. The van der Waals surface area contributed by atoms with Crippen molar-refractivity contribution < 1.29 is 34.2 Å². The number of aliphatic carboxylic acids is 2. The molecule has 3 atom stereocenters. The molecule has 0 radical (unpaired) electrons. The topological polar surface area (TPSA) is 188 Å². The summed E-state index contributed by atoms with van der Waals surface area (Å²) in [5, 5.41) is 24.7. The van der Waals surface area contributed by atoms with Gasteiger partial charge in [0.2, 0.25) is 17.7 Å². The summed E-state index contributed by atoms with van der Waals surface area (Å²) in [7, 11) is 0. The number of carbonyl (C=O) groups excluding carboxylic acids is 3. The number of nitrogens with one attached hydrogen (secondary N) is 3. The van der Waals surface area contributed by atoms with Gasteiger partial charge in [-0.2, -0.15) is 0 Å². The summed E-state index contributed by atoms with van der Waals surface area (Å²) < 4.78 is 0. The van der Waals surface area contributed by atoms with Crippen molar-refractivity contribution >= 4 is 29.7 Å². The minimum Gasteiger partial charge on any atom is -0.481 e. The zero-order chi connectivity index (χ0) is 23.4. The zero-order valence-electron chi connectivity index (χ0n) is 17.9. The van der Waals surface area contributed by atoms with Crippen LogP contribution in [0.5, 0.6) is 0 Å². The third kappa shape index (κ3) is 12.0. The first-order valence-electron chi connectivity index (χ1n) is 9.91. The van der Waals surface area contributed by atoms with Gasteiger partial charge in [-0.15, -0.1) is 0 Å². The van der Waals surface area contributed by atoms with Crippen LogP contribution in [0, 0.1) is 11.8 Å². The van der Waals surface area contributed by atoms with Gasteiger partial charge in [-0.1, -0.05) is 27.7 Å². The predicted molar refractivity (Wildman–Crippen MR) is 108 cm³/mol. The number of amides is 3. The van der Waals surface area contributed by atoms with Crippen LogP contribution in [0.2, 0.25) is 0 Å². The highest BCUT2D eigenvalue weighted by atomic mass is 16.4. The fourth-order valence-electron chi connectivity index (χ4n) is 2.69. The number of hydrogen-bond donors (Lipinski definition) is 6. The lowest BCUT2D eigenvalue weighted by Crippen LogP contribution is -2.56. The van der Waals surface area contributed by atoms with E-state index in [1.807, 2.05) is 27.7 Å². The number of hydrogen-bond acceptors (Lipinski definition) is 6. The van der Waals surface area contributed by atoms with Gasteiger partial charge in [-0.3, -0.25) is 24.0 Å². The average Bonchev–Trinajstić information content (AvgIpc) is 2.60. The Morgan fingerprint density at radius 1 is 0.767 bits per heavy atom. The zero-order valence-corrected chi connectivity index (χ0v) is 17.9. The molecule has 3 amide bonds. The highest BCUT2D eigenvalue weighted by molar-refractivity contribution is 5.93. The Bertz CT molecular complexity index is 622. The number of carbonyl (C=O) groups is 5. The van der Waals surface area contributed by atoms with E-state index in [1.54, 1.807) is 0 Å². The van der Waals surface area contributed by atoms with E-state index >= 15 is 0 Å². The van der Waals surface area contributed by atoms with E-state index in [0.29, 0.717) is 6.42 Å². The first-order valence-corrected chi connectivity index (χ1v) is 9.91. The fraction of sp³-hybridized carbons (Fsp3) is 0.737. The van der Waals surface area contributed by atoms with Gasteiger partial charge in [0.1, 0.15) is 18.6 Å². The second kappa shape index (κ2) is 13.5. The van der Waals surface area contributed by atoms with E-state index in [0.717, 1.165) is 0 Å². The molecule has 0 saturated heterocycles. The molecule has 0 bridgehead atoms. The van der Waals surface area contributed by atoms with E-state index in [4.69, 9.17) is 15.9 Å². The second-order valence-electron chi connectivity index (χ2n) is 8.03. The summed E-state index contributed by atoms with van der Waals surface area (Å²) in [4.78, 5) is 58.8. The highest BCUT2D eigenvalue weighted by Crippen LogP contribution is 2.09. The summed E-state index contributed by atoms with van der Waals surface area (Å²) in [5.41, 5.74) is 5.87. The molecule has 0 aromatic carbocycles. The van der Waals surface area contributed by atoms with Crippen molar-refractivity contribution in [1.29, 1.82) is 0 Å². The molecule has 172 valence electrons. The van der Waals surface area contributed by atoms with Crippen LogP contribution >= 0.6 is 0 Å². The van der Waals surface area contributed by atoms with Gasteiger partial charge in [-0.05, 0) is 31.1 Å². The van der Waals surface area contributed by atoms with Gasteiger partial charge in [-0.25, -0.2) is 0 Å². The third-order valence-corrected chi connectivity index (χ3v) is 4.10. The summed E-state index contributed by atoms with van der Waals surface area (Å²) in [6.45, 7) is 6.85. The Kier molecular flexibility index (Phi) is 12.3. The highest BCUT2D eigenvalue weighted by Gasteiger charge is 2.29.